The molecule has 3 heteroatoms. The minimum Gasteiger partial charge on any atom is -0.330 e. The molecule has 0 saturated heterocycles. The van der Waals surface area contributed by atoms with Crippen LogP contribution in [0.4, 0.5) is 0 Å². The molecule has 96 valence electrons. The van der Waals surface area contributed by atoms with Crippen LogP contribution in [-0.4, -0.2) is 22.6 Å². The molecule has 0 bridgehead atoms. The Kier molecular flexibility index (Phi) is 3.57. The van der Waals surface area contributed by atoms with E-state index in [0.29, 0.717) is 17.5 Å². The Bertz CT molecular complexity index is 367. The summed E-state index contributed by atoms with van der Waals surface area (Å²) in [5, 5.41) is 3.51. The van der Waals surface area contributed by atoms with Crippen LogP contribution in [-0.2, 0) is 6.42 Å². The van der Waals surface area contributed by atoms with Gasteiger partial charge < -0.3 is 9.88 Å². The van der Waals surface area contributed by atoms with Crippen molar-refractivity contribution in [2.75, 3.05) is 7.05 Å². The minimum absolute atomic E-state index is 0.382. The zero-order valence-corrected chi connectivity index (χ0v) is 11.5. The van der Waals surface area contributed by atoms with Crippen LogP contribution in [0.5, 0.6) is 0 Å². The number of imidazole rings is 1. The standard InChI is InChI=1S/C14H25N3/c1-5-6-12-16-9-10-17(12)11-7-8-14(2,3)13(11)15-4/h9-11,13,15H,5-8H2,1-4H3. The zero-order valence-electron chi connectivity index (χ0n) is 11.5. The molecule has 0 aromatic carbocycles. The average Bonchev–Trinajstić information content (AvgIpc) is 2.82. The lowest BCUT2D eigenvalue weighted by Gasteiger charge is -2.31. The molecule has 1 fully saturated rings. The Morgan fingerprint density at radius 2 is 2.29 bits per heavy atom. The molecular formula is C14H25N3. The molecule has 0 aliphatic heterocycles. The third-order valence-electron chi connectivity index (χ3n) is 4.20. The molecule has 0 amide bonds. The van der Waals surface area contributed by atoms with Gasteiger partial charge in [0.15, 0.2) is 0 Å². The summed E-state index contributed by atoms with van der Waals surface area (Å²) in [6.45, 7) is 6.95. The minimum atomic E-state index is 0.382. The van der Waals surface area contributed by atoms with Crippen LogP contribution in [0.3, 0.4) is 0 Å². The Morgan fingerprint density at radius 1 is 1.53 bits per heavy atom. The number of aryl methyl sites for hydroxylation is 1. The number of nitrogens with one attached hydrogen (secondary N) is 1. The van der Waals surface area contributed by atoms with E-state index in [9.17, 15) is 0 Å². The Morgan fingerprint density at radius 3 is 2.94 bits per heavy atom. The summed E-state index contributed by atoms with van der Waals surface area (Å²) in [4.78, 5) is 4.50. The summed E-state index contributed by atoms with van der Waals surface area (Å²) in [6.07, 6.45) is 8.89. The predicted octanol–water partition coefficient (Wildman–Crippen LogP) is 2.78. The molecule has 1 aliphatic carbocycles. The number of likely N-dealkylation sites (N-methyl/N-ethyl adjacent to an activating group) is 1. The first-order chi connectivity index (χ1) is 8.10. The van der Waals surface area contributed by atoms with Crippen molar-refractivity contribution in [1.29, 1.82) is 0 Å². The fourth-order valence-corrected chi connectivity index (χ4v) is 3.31. The number of nitrogens with zero attached hydrogens (tertiary/aromatic N) is 2. The van der Waals surface area contributed by atoms with Crippen LogP contribution in [0.25, 0.3) is 0 Å². The van der Waals surface area contributed by atoms with Gasteiger partial charge in [-0.15, -0.1) is 0 Å². The highest BCUT2D eigenvalue weighted by molar-refractivity contribution is 5.04. The summed E-state index contributed by atoms with van der Waals surface area (Å²) in [5.41, 5.74) is 0.382. The van der Waals surface area contributed by atoms with Crippen molar-refractivity contribution >= 4 is 0 Å². The largest absolute Gasteiger partial charge is 0.330 e. The molecule has 1 aromatic heterocycles. The van der Waals surface area contributed by atoms with Crippen molar-refractivity contribution in [1.82, 2.24) is 14.9 Å². The fourth-order valence-electron chi connectivity index (χ4n) is 3.31. The topological polar surface area (TPSA) is 29.9 Å². The molecule has 3 nitrogen and oxygen atoms in total. The highest BCUT2D eigenvalue weighted by Crippen LogP contribution is 2.44. The van der Waals surface area contributed by atoms with Gasteiger partial charge in [-0.05, 0) is 31.7 Å². The van der Waals surface area contributed by atoms with Crippen molar-refractivity contribution in [2.45, 2.75) is 58.5 Å². The lowest BCUT2D eigenvalue weighted by Crippen LogP contribution is -2.41. The van der Waals surface area contributed by atoms with E-state index in [2.05, 4.69) is 48.9 Å². The molecule has 2 atom stereocenters. The molecule has 1 heterocycles. The van der Waals surface area contributed by atoms with E-state index in [1.54, 1.807) is 0 Å². The van der Waals surface area contributed by atoms with Crippen molar-refractivity contribution in [3.63, 3.8) is 0 Å². The van der Waals surface area contributed by atoms with E-state index in [4.69, 9.17) is 0 Å². The third-order valence-corrected chi connectivity index (χ3v) is 4.20. The summed E-state index contributed by atoms with van der Waals surface area (Å²) in [7, 11) is 2.08. The van der Waals surface area contributed by atoms with Gasteiger partial charge in [-0.25, -0.2) is 4.98 Å². The van der Waals surface area contributed by atoms with Crippen LogP contribution in [0, 0.1) is 5.41 Å². The molecule has 0 spiro atoms. The SMILES string of the molecule is CCCc1nccn1C1CCC(C)(C)C1NC. The smallest absolute Gasteiger partial charge is 0.108 e. The van der Waals surface area contributed by atoms with Crippen LogP contribution < -0.4 is 5.32 Å². The average molecular weight is 235 g/mol. The van der Waals surface area contributed by atoms with Crippen molar-refractivity contribution < 1.29 is 0 Å². The molecule has 2 rings (SSSR count). The third kappa shape index (κ3) is 2.25. The van der Waals surface area contributed by atoms with Crippen molar-refractivity contribution in [3.05, 3.63) is 18.2 Å². The van der Waals surface area contributed by atoms with Crippen LogP contribution in [0.15, 0.2) is 12.4 Å². The second-order valence-corrected chi connectivity index (χ2v) is 5.86. The fraction of sp³-hybridized carbons (Fsp3) is 0.786. The molecule has 0 radical (unpaired) electrons. The number of hydrogen-bond donors (Lipinski definition) is 1. The number of hydrogen-bond acceptors (Lipinski definition) is 2. The Labute approximate surface area is 105 Å². The summed E-state index contributed by atoms with van der Waals surface area (Å²) in [6, 6.07) is 1.12. The maximum absolute atomic E-state index is 4.50. The van der Waals surface area contributed by atoms with E-state index in [0.717, 1.165) is 12.8 Å². The maximum atomic E-state index is 4.50. The molecular weight excluding hydrogens is 210 g/mol. The van der Waals surface area contributed by atoms with E-state index < -0.39 is 0 Å². The summed E-state index contributed by atoms with van der Waals surface area (Å²) >= 11 is 0. The first-order valence-electron chi connectivity index (χ1n) is 6.79. The Hall–Kier alpha value is -0.830. The second kappa shape index (κ2) is 4.81. The Balaban J connectivity index is 2.25. The maximum Gasteiger partial charge on any atom is 0.108 e. The molecule has 1 saturated carbocycles. The van der Waals surface area contributed by atoms with Crippen LogP contribution in [0.2, 0.25) is 0 Å². The van der Waals surface area contributed by atoms with Gasteiger partial charge >= 0.3 is 0 Å². The highest BCUT2D eigenvalue weighted by atomic mass is 15.1. The molecule has 2 unspecified atom stereocenters. The van der Waals surface area contributed by atoms with E-state index in [1.165, 1.54) is 18.7 Å². The lowest BCUT2D eigenvalue weighted by molar-refractivity contribution is 0.259. The van der Waals surface area contributed by atoms with Gasteiger partial charge in [0, 0.05) is 24.9 Å². The van der Waals surface area contributed by atoms with Crippen molar-refractivity contribution in [2.24, 2.45) is 5.41 Å². The van der Waals surface area contributed by atoms with Crippen molar-refractivity contribution in [3.8, 4) is 0 Å². The quantitative estimate of drug-likeness (QED) is 0.869. The first-order valence-corrected chi connectivity index (χ1v) is 6.79. The highest BCUT2D eigenvalue weighted by Gasteiger charge is 2.42. The summed E-state index contributed by atoms with van der Waals surface area (Å²) < 4.78 is 2.40. The van der Waals surface area contributed by atoms with Gasteiger partial charge in [-0.1, -0.05) is 20.8 Å². The van der Waals surface area contributed by atoms with Gasteiger partial charge in [-0.2, -0.15) is 0 Å². The number of aromatic nitrogens is 2. The van der Waals surface area contributed by atoms with Gasteiger partial charge in [0.1, 0.15) is 5.82 Å². The van der Waals surface area contributed by atoms with Gasteiger partial charge in [-0.3, -0.25) is 0 Å². The summed E-state index contributed by atoms with van der Waals surface area (Å²) in [5.74, 6) is 1.25. The van der Waals surface area contributed by atoms with Crippen LogP contribution in [0.1, 0.15) is 51.9 Å². The number of rotatable bonds is 4. The first kappa shape index (κ1) is 12.6. The van der Waals surface area contributed by atoms with Gasteiger partial charge in [0.2, 0.25) is 0 Å². The van der Waals surface area contributed by atoms with E-state index in [1.807, 2.05) is 6.20 Å². The van der Waals surface area contributed by atoms with Gasteiger partial charge in [0.05, 0.1) is 6.04 Å². The second-order valence-electron chi connectivity index (χ2n) is 5.86. The molecule has 17 heavy (non-hydrogen) atoms. The molecule has 1 aliphatic rings. The van der Waals surface area contributed by atoms with Gasteiger partial charge in [0.25, 0.3) is 0 Å². The van der Waals surface area contributed by atoms with E-state index in [-0.39, 0.29) is 0 Å². The lowest BCUT2D eigenvalue weighted by atomic mass is 9.86. The molecule has 1 aromatic rings. The zero-order chi connectivity index (χ0) is 12.5. The normalized spacial score (nSPS) is 27.5. The molecule has 1 N–H and O–H groups in total. The van der Waals surface area contributed by atoms with Crippen LogP contribution >= 0.6 is 0 Å². The van der Waals surface area contributed by atoms with E-state index >= 15 is 0 Å². The monoisotopic (exact) mass is 235 g/mol. The predicted molar refractivity (Wildman–Crippen MR) is 71.1 cm³/mol.